The normalized spacial score (nSPS) is 19.9. The molecule has 0 saturated carbocycles. The molecule has 0 spiro atoms. The van der Waals surface area contributed by atoms with E-state index in [9.17, 15) is 14.0 Å². The van der Waals surface area contributed by atoms with Gasteiger partial charge < -0.3 is 14.6 Å². The molecule has 4 aromatic rings. The molecule has 0 aliphatic carbocycles. The number of benzene rings is 3. The van der Waals surface area contributed by atoms with Gasteiger partial charge in [-0.15, -0.1) is 0 Å². The highest BCUT2D eigenvalue weighted by Gasteiger charge is 2.39. The van der Waals surface area contributed by atoms with Crippen molar-refractivity contribution in [1.29, 1.82) is 0 Å². The van der Waals surface area contributed by atoms with Crippen LogP contribution >= 0.6 is 11.8 Å². The van der Waals surface area contributed by atoms with E-state index in [-0.39, 0.29) is 24.4 Å². The van der Waals surface area contributed by atoms with Gasteiger partial charge in [-0.25, -0.2) is 9.38 Å². The summed E-state index contributed by atoms with van der Waals surface area (Å²) in [5, 5.41) is 2.98. The molecule has 0 bridgehead atoms. The maximum atomic E-state index is 13.8. The highest BCUT2D eigenvalue weighted by Crippen LogP contribution is 2.41. The number of hydrogen-bond acceptors (Lipinski definition) is 6. The van der Waals surface area contributed by atoms with Crippen molar-refractivity contribution in [2.24, 2.45) is 4.99 Å². The van der Waals surface area contributed by atoms with Crippen LogP contribution in [0, 0.1) is 5.82 Å². The Morgan fingerprint density at radius 2 is 1.85 bits per heavy atom. The van der Waals surface area contributed by atoms with E-state index in [4.69, 9.17) is 4.42 Å². The van der Waals surface area contributed by atoms with Crippen LogP contribution in [0.4, 0.5) is 21.5 Å². The quantitative estimate of drug-likeness (QED) is 0.281. The van der Waals surface area contributed by atoms with Crippen LogP contribution in [0.1, 0.15) is 29.4 Å². The number of aliphatic imine (C=N–C) groups is 1. The van der Waals surface area contributed by atoms with Crippen LogP contribution in [0.2, 0.25) is 0 Å². The standard InChI is InChI=1S/C31H27FN4O3S/c32-22-7-4-8-24(19-22)34-31-36(20-26-11-6-18-39-26)30(38)28(40-31)21-13-15-23(16-14-21)33-29(37)27-12-5-17-35(27)25-9-2-1-3-10-25/h1-4,6-11,13-16,18-19,27-28H,5,12,17,20H2,(H,33,37)/t27-,28?/m0/s1. The number of amides is 2. The lowest BCUT2D eigenvalue weighted by atomic mass is 10.1. The average molecular weight is 555 g/mol. The number of carbonyl (C=O) groups excluding carboxylic acids is 2. The SMILES string of the molecule is O=C(Nc1ccc(C2SC(=Nc3cccc(F)c3)N(Cc3ccco3)C2=O)cc1)[C@@H]1CCCN1c1ccccc1. The van der Waals surface area contributed by atoms with Gasteiger partial charge in [0.2, 0.25) is 11.8 Å². The van der Waals surface area contributed by atoms with Gasteiger partial charge >= 0.3 is 0 Å². The Morgan fingerprint density at radius 1 is 1.02 bits per heavy atom. The van der Waals surface area contributed by atoms with Crippen LogP contribution in [-0.2, 0) is 16.1 Å². The number of furan rings is 1. The van der Waals surface area contributed by atoms with E-state index >= 15 is 0 Å². The van der Waals surface area contributed by atoms with Crippen LogP contribution in [0.5, 0.6) is 0 Å². The van der Waals surface area contributed by atoms with Crippen LogP contribution in [-0.4, -0.2) is 34.5 Å². The molecular formula is C31H27FN4O3S. The first kappa shape index (κ1) is 25.9. The van der Waals surface area contributed by atoms with Crippen LogP contribution in [0.3, 0.4) is 0 Å². The van der Waals surface area contributed by atoms with Crippen molar-refractivity contribution in [1.82, 2.24) is 4.90 Å². The average Bonchev–Trinajstić information content (AvgIpc) is 3.73. The molecule has 2 atom stereocenters. The number of nitrogens with zero attached hydrogens (tertiary/aromatic N) is 3. The van der Waals surface area contributed by atoms with E-state index < -0.39 is 11.1 Å². The fourth-order valence-electron chi connectivity index (χ4n) is 5.05. The second kappa shape index (κ2) is 11.4. The Bertz CT molecular complexity index is 1530. The maximum absolute atomic E-state index is 13.8. The summed E-state index contributed by atoms with van der Waals surface area (Å²) < 4.78 is 19.3. The molecule has 6 rings (SSSR count). The lowest BCUT2D eigenvalue weighted by Crippen LogP contribution is -2.39. The van der Waals surface area contributed by atoms with Crippen molar-refractivity contribution in [3.05, 3.63) is 114 Å². The molecule has 2 amide bonds. The van der Waals surface area contributed by atoms with Crippen LogP contribution in [0.25, 0.3) is 0 Å². The zero-order chi connectivity index (χ0) is 27.5. The highest BCUT2D eigenvalue weighted by atomic mass is 32.2. The summed E-state index contributed by atoms with van der Waals surface area (Å²) in [7, 11) is 0. The number of rotatable bonds is 7. The van der Waals surface area contributed by atoms with Crippen molar-refractivity contribution < 1.29 is 18.4 Å². The minimum absolute atomic E-state index is 0.0467. The van der Waals surface area contributed by atoms with Crippen molar-refractivity contribution in [3.63, 3.8) is 0 Å². The summed E-state index contributed by atoms with van der Waals surface area (Å²) in [5.74, 6) is 0.0378. The molecule has 202 valence electrons. The molecule has 9 heteroatoms. The maximum Gasteiger partial charge on any atom is 0.247 e. The molecule has 1 unspecified atom stereocenters. The molecule has 0 radical (unpaired) electrons. The molecule has 40 heavy (non-hydrogen) atoms. The van der Waals surface area contributed by atoms with Gasteiger partial charge in [-0.05, 0) is 73.0 Å². The molecule has 3 aromatic carbocycles. The molecule has 2 fully saturated rings. The minimum Gasteiger partial charge on any atom is -0.467 e. The largest absolute Gasteiger partial charge is 0.467 e. The number of amidine groups is 1. The molecule has 7 nitrogen and oxygen atoms in total. The van der Waals surface area contributed by atoms with Gasteiger partial charge in [-0.2, -0.15) is 0 Å². The Morgan fingerprint density at radius 3 is 2.60 bits per heavy atom. The Kier molecular flexibility index (Phi) is 7.37. The number of nitrogens with one attached hydrogen (secondary N) is 1. The lowest BCUT2D eigenvalue weighted by molar-refractivity contribution is -0.126. The van der Waals surface area contributed by atoms with Crippen LogP contribution in [0.15, 0.2) is 107 Å². The number of anilines is 2. The zero-order valence-corrected chi connectivity index (χ0v) is 22.4. The Labute approximate surface area is 235 Å². The van der Waals surface area contributed by atoms with Crippen molar-refractivity contribution in [3.8, 4) is 0 Å². The summed E-state index contributed by atoms with van der Waals surface area (Å²) in [6, 6.07) is 26.6. The lowest BCUT2D eigenvalue weighted by Gasteiger charge is -2.26. The number of carbonyl (C=O) groups is 2. The third kappa shape index (κ3) is 5.51. The van der Waals surface area contributed by atoms with Gasteiger partial charge in [0.25, 0.3) is 0 Å². The van der Waals surface area contributed by atoms with Crippen LogP contribution < -0.4 is 10.2 Å². The highest BCUT2D eigenvalue weighted by molar-refractivity contribution is 8.15. The predicted molar refractivity (Wildman–Crippen MR) is 155 cm³/mol. The smallest absolute Gasteiger partial charge is 0.247 e. The summed E-state index contributed by atoms with van der Waals surface area (Å²) in [4.78, 5) is 35.0. The Balaban J connectivity index is 1.19. The van der Waals surface area contributed by atoms with Gasteiger partial charge in [-0.1, -0.05) is 48.2 Å². The molecule has 1 N–H and O–H groups in total. The zero-order valence-electron chi connectivity index (χ0n) is 21.6. The van der Waals surface area contributed by atoms with Gasteiger partial charge in [0, 0.05) is 17.9 Å². The molecule has 1 aromatic heterocycles. The minimum atomic E-state index is -0.532. The number of thioether (sulfide) groups is 1. The van der Waals surface area contributed by atoms with Gasteiger partial charge in [-0.3, -0.25) is 14.5 Å². The van der Waals surface area contributed by atoms with E-state index in [1.165, 1.54) is 23.9 Å². The number of halogens is 1. The summed E-state index contributed by atoms with van der Waals surface area (Å²) in [5.41, 5.74) is 2.93. The first-order valence-electron chi connectivity index (χ1n) is 13.1. The third-order valence-corrected chi connectivity index (χ3v) is 8.23. The summed E-state index contributed by atoms with van der Waals surface area (Å²) >= 11 is 1.31. The number of hydrogen-bond donors (Lipinski definition) is 1. The van der Waals surface area contributed by atoms with Crippen molar-refractivity contribution >= 4 is 45.8 Å². The topological polar surface area (TPSA) is 78.1 Å². The fraction of sp³-hybridized carbons (Fsp3) is 0.194. The molecule has 2 saturated heterocycles. The predicted octanol–water partition coefficient (Wildman–Crippen LogP) is 6.53. The third-order valence-electron chi connectivity index (χ3n) is 7.00. The molecule has 2 aliphatic rings. The van der Waals surface area contributed by atoms with Crippen molar-refractivity contribution in [2.75, 3.05) is 16.8 Å². The Hall–Kier alpha value is -4.37. The van der Waals surface area contributed by atoms with Gasteiger partial charge in [0.05, 0.1) is 18.5 Å². The summed E-state index contributed by atoms with van der Waals surface area (Å²) in [6.07, 6.45) is 3.31. The molecule has 3 heterocycles. The first-order chi connectivity index (χ1) is 19.5. The number of para-hydroxylation sites is 1. The fourth-order valence-corrected chi connectivity index (χ4v) is 6.22. The van der Waals surface area contributed by atoms with E-state index in [0.29, 0.717) is 22.3 Å². The van der Waals surface area contributed by atoms with Crippen molar-refractivity contribution in [2.45, 2.75) is 30.7 Å². The second-order valence-electron chi connectivity index (χ2n) is 9.67. The van der Waals surface area contributed by atoms with Gasteiger partial charge in [0.15, 0.2) is 5.17 Å². The van der Waals surface area contributed by atoms with E-state index in [1.807, 2.05) is 54.6 Å². The second-order valence-corrected chi connectivity index (χ2v) is 10.7. The van der Waals surface area contributed by atoms with E-state index in [2.05, 4.69) is 15.2 Å². The monoisotopic (exact) mass is 554 g/mol. The molecule has 2 aliphatic heterocycles. The van der Waals surface area contributed by atoms with E-state index in [1.54, 1.807) is 35.4 Å². The first-order valence-corrected chi connectivity index (χ1v) is 14.0. The van der Waals surface area contributed by atoms with Gasteiger partial charge in [0.1, 0.15) is 22.9 Å². The summed E-state index contributed by atoms with van der Waals surface area (Å²) in [6.45, 7) is 1.06. The molecular weight excluding hydrogens is 527 g/mol. The van der Waals surface area contributed by atoms with E-state index in [0.717, 1.165) is 30.6 Å².